The van der Waals surface area contributed by atoms with Crippen molar-refractivity contribution in [2.24, 2.45) is 0 Å². The van der Waals surface area contributed by atoms with Crippen molar-refractivity contribution in [1.29, 1.82) is 0 Å². The Morgan fingerprint density at radius 2 is 2.00 bits per heavy atom. The number of hydrogen-bond donors (Lipinski definition) is 1. The molecule has 0 amide bonds. The highest BCUT2D eigenvalue weighted by atomic mass is 19.4. The Kier molecular flexibility index (Phi) is 5.14. The molecule has 146 valence electrons. The summed E-state index contributed by atoms with van der Waals surface area (Å²) in [7, 11) is 1.51. The predicted octanol–water partition coefficient (Wildman–Crippen LogP) is 2.28. The largest absolute Gasteiger partial charge is 0.497 e. The zero-order valence-corrected chi connectivity index (χ0v) is 14.9. The van der Waals surface area contributed by atoms with Gasteiger partial charge < -0.3 is 14.7 Å². The van der Waals surface area contributed by atoms with Crippen LogP contribution in [0.4, 0.5) is 18.9 Å². The van der Waals surface area contributed by atoms with E-state index in [1.165, 1.54) is 18.9 Å². The summed E-state index contributed by atoms with van der Waals surface area (Å²) in [4.78, 5) is 13.9. The average Bonchev–Trinajstić information content (AvgIpc) is 2.55. The maximum absolute atomic E-state index is 13.6. The monoisotopic (exact) mass is 383 g/mol. The summed E-state index contributed by atoms with van der Waals surface area (Å²) < 4.78 is 46.7. The molecule has 0 bridgehead atoms. The molecule has 0 spiro atoms. The van der Waals surface area contributed by atoms with E-state index in [2.05, 4.69) is 5.10 Å². The molecule has 0 saturated carbocycles. The highest BCUT2D eigenvalue weighted by molar-refractivity contribution is 5.55. The van der Waals surface area contributed by atoms with E-state index in [0.29, 0.717) is 24.3 Å². The molecule has 2 aromatic rings. The number of nitrogens with zero attached hydrogens (tertiary/aromatic N) is 3. The second-order valence-corrected chi connectivity index (χ2v) is 6.50. The van der Waals surface area contributed by atoms with Crippen molar-refractivity contribution in [3.05, 3.63) is 51.9 Å². The number of aliphatic hydroxyl groups is 1. The summed E-state index contributed by atoms with van der Waals surface area (Å²) >= 11 is 0. The Morgan fingerprint density at radius 1 is 1.33 bits per heavy atom. The molecule has 6 nitrogen and oxygen atoms in total. The Labute approximate surface area is 153 Å². The molecule has 0 radical (unpaired) electrons. The third kappa shape index (κ3) is 3.78. The van der Waals surface area contributed by atoms with E-state index in [1.807, 2.05) is 0 Å². The number of anilines is 1. The van der Waals surface area contributed by atoms with E-state index in [9.17, 15) is 23.1 Å². The van der Waals surface area contributed by atoms with Gasteiger partial charge >= 0.3 is 6.18 Å². The quantitative estimate of drug-likeness (QED) is 0.858. The lowest BCUT2D eigenvalue weighted by Gasteiger charge is -2.45. The second-order valence-electron chi connectivity index (χ2n) is 6.50. The minimum Gasteiger partial charge on any atom is -0.497 e. The number of alkyl halides is 3. The molecule has 0 aliphatic carbocycles. The van der Waals surface area contributed by atoms with Crippen molar-refractivity contribution in [2.45, 2.75) is 38.2 Å². The molecule has 1 aliphatic rings. The average molecular weight is 383 g/mol. The lowest BCUT2D eigenvalue weighted by atomic mass is 9.96. The van der Waals surface area contributed by atoms with Gasteiger partial charge in [0.2, 0.25) is 0 Å². The third-order valence-electron chi connectivity index (χ3n) is 4.73. The Bertz CT molecular complexity index is 863. The topological polar surface area (TPSA) is 67.6 Å². The van der Waals surface area contributed by atoms with Crippen LogP contribution in [0.5, 0.6) is 5.75 Å². The fourth-order valence-corrected chi connectivity index (χ4v) is 3.19. The van der Waals surface area contributed by atoms with Crippen LogP contribution < -0.4 is 15.2 Å². The standard InChI is InChI=1S/C18H20F3N3O3/c1-11(25)14-7-8-23(14)15-9-22-24(17(26)16(15)18(19,20)21)10-12-3-5-13(27-2)6-4-12/h3-6,9,11,14,25H,7-8,10H2,1-2H3/t11?,14-/m1/s1. The van der Waals surface area contributed by atoms with Gasteiger partial charge in [-0.15, -0.1) is 0 Å². The minimum absolute atomic E-state index is 0.0913. The predicted molar refractivity (Wildman–Crippen MR) is 93.0 cm³/mol. The SMILES string of the molecule is COc1ccc(Cn2ncc(N3CC[C@@H]3C(C)O)c(C(F)(F)F)c2=O)cc1. The van der Waals surface area contributed by atoms with E-state index >= 15 is 0 Å². The molecular weight excluding hydrogens is 363 g/mol. The summed E-state index contributed by atoms with van der Waals surface area (Å²) in [6.07, 6.45) is -4.01. The first-order chi connectivity index (χ1) is 12.7. The number of benzene rings is 1. The molecule has 1 aliphatic heterocycles. The van der Waals surface area contributed by atoms with Crippen molar-refractivity contribution < 1.29 is 23.0 Å². The van der Waals surface area contributed by atoms with Crippen LogP contribution in [0.3, 0.4) is 0 Å². The summed E-state index contributed by atoms with van der Waals surface area (Å²) in [5, 5.41) is 13.7. The van der Waals surface area contributed by atoms with Crippen molar-refractivity contribution in [3.8, 4) is 5.75 Å². The number of aromatic nitrogens is 2. The molecule has 1 fully saturated rings. The van der Waals surface area contributed by atoms with Gasteiger partial charge in [0.15, 0.2) is 0 Å². The number of ether oxygens (including phenoxy) is 1. The van der Waals surface area contributed by atoms with Gasteiger partial charge in [-0.25, -0.2) is 4.68 Å². The van der Waals surface area contributed by atoms with Gasteiger partial charge in [0, 0.05) is 6.54 Å². The van der Waals surface area contributed by atoms with Gasteiger partial charge in [-0.2, -0.15) is 18.3 Å². The fourth-order valence-electron chi connectivity index (χ4n) is 3.19. The first-order valence-corrected chi connectivity index (χ1v) is 8.47. The molecule has 9 heteroatoms. The zero-order chi connectivity index (χ0) is 19.8. The molecule has 1 aromatic carbocycles. The van der Waals surface area contributed by atoms with Crippen LogP contribution >= 0.6 is 0 Å². The second kappa shape index (κ2) is 7.22. The van der Waals surface area contributed by atoms with Crippen LogP contribution in [0.1, 0.15) is 24.5 Å². The van der Waals surface area contributed by atoms with Gasteiger partial charge in [0.25, 0.3) is 5.56 Å². The Balaban J connectivity index is 1.99. The minimum atomic E-state index is -4.82. The van der Waals surface area contributed by atoms with Crippen molar-refractivity contribution in [3.63, 3.8) is 0 Å². The number of hydrogen-bond acceptors (Lipinski definition) is 5. The maximum Gasteiger partial charge on any atom is 0.423 e. The number of methoxy groups -OCH3 is 1. The summed E-state index contributed by atoms with van der Waals surface area (Å²) in [5.74, 6) is 0.604. The van der Waals surface area contributed by atoms with Crippen LogP contribution in [-0.2, 0) is 12.7 Å². The van der Waals surface area contributed by atoms with Gasteiger partial charge in [-0.05, 0) is 31.0 Å². The van der Waals surface area contributed by atoms with Crippen LogP contribution in [0.25, 0.3) is 0 Å². The van der Waals surface area contributed by atoms with Gasteiger partial charge in [0.1, 0.15) is 11.3 Å². The lowest BCUT2D eigenvalue weighted by Crippen LogP contribution is -2.55. The summed E-state index contributed by atoms with van der Waals surface area (Å²) in [6, 6.07) is 6.18. The lowest BCUT2D eigenvalue weighted by molar-refractivity contribution is -0.138. The highest BCUT2D eigenvalue weighted by Gasteiger charge is 2.43. The van der Waals surface area contributed by atoms with E-state index in [-0.39, 0.29) is 12.2 Å². The molecule has 27 heavy (non-hydrogen) atoms. The fraction of sp³-hybridized carbons (Fsp3) is 0.444. The zero-order valence-electron chi connectivity index (χ0n) is 14.9. The Hall–Kier alpha value is -2.55. The van der Waals surface area contributed by atoms with Gasteiger partial charge in [0.05, 0.1) is 37.7 Å². The van der Waals surface area contributed by atoms with Gasteiger partial charge in [-0.1, -0.05) is 12.1 Å². The van der Waals surface area contributed by atoms with E-state index in [0.717, 1.165) is 10.9 Å². The molecule has 1 unspecified atom stereocenters. The van der Waals surface area contributed by atoms with Crippen LogP contribution in [0, 0.1) is 0 Å². The molecule has 1 saturated heterocycles. The molecule has 2 atom stereocenters. The molecule has 1 N–H and O–H groups in total. The maximum atomic E-state index is 13.6. The third-order valence-corrected chi connectivity index (χ3v) is 4.73. The molecule has 1 aromatic heterocycles. The summed E-state index contributed by atoms with van der Waals surface area (Å²) in [6.45, 7) is 1.76. The number of halogens is 3. The number of rotatable bonds is 5. The van der Waals surface area contributed by atoms with Crippen LogP contribution in [-0.4, -0.2) is 40.7 Å². The van der Waals surface area contributed by atoms with E-state index in [1.54, 1.807) is 24.3 Å². The summed E-state index contributed by atoms with van der Waals surface area (Å²) in [5.41, 5.74) is -2.11. The first kappa shape index (κ1) is 19.2. The van der Waals surface area contributed by atoms with Crippen molar-refractivity contribution in [2.75, 3.05) is 18.6 Å². The smallest absolute Gasteiger partial charge is 0.423 e. The number of aliphatic hydroxyl groups excluding tert-OH is 1. The highest BCUT2D eigenvalue weighted by Crippen LogP contribution is 2.37. The van der Waals surface area contributed by atoms with Crippen LogP contribution in [0.15, 0.2) is 35.3 Å². The normalized spacial score (nSPS) is 18.1. The van der Waals surface area contributed by atoms with Crippen LogP contribution in [0.2, 0.25) is 0 Å². The first-order valence-electron chi connectivity index (χ1n) is 8.47. The van der Waals surface area contributed by atoms with Crippen molar-refractivity contribution >= 4 is 5.69 Å². The molecule has 2 heterocycles. The Morgan fingerprint density at radius 3 is 2.48 bits per heavy atom. The van der Waals surface area contributed by atoms with E-state index < -0.39 is 29.4 Å². The van der Waals surface area contributed by atoms with E-state index in [4.69, 9.17) is 4.74 Å². The van der Waals surface area contributed by atoms with Crippen molar-refractivity contribution in [1.82, 2.24) is 9.78 Å². The molecular formula is C18H20F3N3O3. The molecule has 3 rings (SSSR count). The van der Waals surface area contributed by atoms with Gasteiger partial charge in [-0.3, -0.25) is 4.79 Å².